The zero-order valence-corrected chi connectivity index (χ0v) is 13.7. The molecule has 3 rings (SSSR count). The molecule has 1 atom stereocenters. The van der Waals surface area contributed by atoms with Gasteiger partial charge in [-0.15, -0.1) is 0 Å². The molecule has 0 aliphatic carbocycles. The number of hydrogen-bond acceptors (Lipinski definition) is 4. The first-order valence-electron chi connectivity index (χ1n) is 8.21. The second-order valence-corrected chi connectivity index (χ2v) is 5.80. The Morgan fingerprint density at radius 3 is 2.58 bits per heavy atom. The van der Waals surface area contributed by atoms with Crippen molar-refractivity contribution in [2.75, 3.05) is 19.0 Å². The minimum absolute atomic E-state index is 0.0242. The topological polar surface area (TPSA) is 59.6 Å². The van der Waals surface area contributed by atoms with Gasteiger partial charge in [-0.2, -0.15) is 0 Å². The standard InChI is InChI=1S/C19H22N2O3/c1-23-16-5-4-6-17(13-16)24-15-10-8-14(9-11-15)21-19(22)18-7-2-3-12-20-18/h4-6,8-11,13,18,20H,2-3,7,12H2,1H3,(H,21,22). The van der Waals surface area contributed by atoms with Gasteiger partial charge < -0.3 is 20.1 Å². The van der Waals surface area contributed by atoms with Crippen LogP contribution in [0.15, 0.2) is 48.5 Å². The van der Waals surface area contributed by atoms with E-state index in [-0.39, 0.29) is 11.9 Å². The highest BCUT2D eigenvalue weighted by molar-refractivity contribution is 5.94. The van der Waals surface area contributed by atoms with Gasteiger partial charge in [-0.05, 0) is 55.8 Å². The lowest BCUT2D eigenvalue weighted by Gasteiger charge is -2.22. The maximum atomic E-state index is 12.2. The van der Waals surface area contributed by atoms with E-state index in [1.165, 1.54) is 0 Å². The Morgan fingerprint density at radius 1 is 1.08 bits per heavy atom. The van der Waals surface area contributed by atoms with Gasteiger partial charge in [0.1, 0.15) is 17.2 Å². The van der Waals surface area contributed by atoms with E-state index in [4.69, 9.17) is 9.47 Å². The van der Waals surface area contributed by atoms with Crippen LogP contribution < -0.4 is 20.1 Å². The van der Waals surface area contributed by atoms with Crippen LogP contribution in [0.3, 0.4) is 0 Å². The zero-order chi connectivity index (χ0) is 16.8. The van der Waals surface area contributed by atoms with Crippen molar-refractivity contribution in [1.82, 2.24) is 5.32 Å². The summed E-state index contributed by atoms with van der Waals surface area (Å²) in [5.74, 6) is 2.18. The molecule has 0 bridgehead atoms. The summed E-state index contributed by atoms with van der Waals surface area (Å²) in [5, 5.41) is 6.19. The third kappa shape index (κ3) is 4.26. The molecule has 2 aromatic carbocycles. The van der Waals surface area contributed by atoms with Crippen LogP contribution in [0.25, 0.3) is 0 Å². The summed E-state index contributed by atoms with van der Waals surface area (Å²) in [6.45, 7) is 0.908. The van der Waals surface area contributed by atoms with Gasteiger partial charge in [0.25, 0.3) is 0 Å². The molecule has 1 heterocycles. The van der Waals surface area contributed by atoms with Crippen molar-refractivity contribution in [2.24, 2.45) is 0 Å². The summed E-state index contributed by atoms with van der Waals surface area (Å²) in [4.78, 5) is 12.2. The van der Waals surface area contributed by atoms with Crippen LogP contribution in [0.4, 0.5) is 5.69 Å². The summed E-state index contributed by atoms with van der Waals surface area (Å²) >= 11 is 0. The van der Waals surface area contributed by atoms with Crippen LogP contribution in [0.2, 0.25) is 0 Å². The highest BCUT2D eigenvalue weighted by atomic mass is 16.5. The molecule has 0 aromatic heterocycles. The van der Waals surface area contributed by atoms with Gasteiger partial charge in [-0.1, -0.05) is 12.5 Å². The lowest BCUT2D eigenvalue weighted by Crippen LogP contribution is -2.43. The molecular formula is C19H22N2O3. The molecule has 0 radical (unpaired) electrons. The fourth-order valence-electron chi connectivity index (χ4n) is 2.71. The number of piperidine rings is 1. The molecule has 5 nitrogen and oxygen atoms in total. The van der Waals surface area contributed by atoms with E-state index in [1.807, 2.05) is 48.5 Å². The molecule has 1 aliphatic rings. The van der Waals surface area contributed by atoms with Crippen molar-refractivity contribution in [3.05, 3.63) is 48.5 Å². The highest BCUT2D eigenvalue weighted by Gasteiger charge is 2.20. The second kappa shape index (κ2) is 7.84. The Hall–Kier alpha value is -2.53. The predicted octanol–water partition coefficient (Wildman–Crippen LogP) is 3.57. The van der Waals surface area contributed by atoms with Gasteiger partial charge in [0.15, 0.2) is 0 Å². The number of carbonyl (C=O) groups is 1. The van der Waals surface area contributed by atoms with Crippen molar-refractivity contribution >= 4 is 11.6 Å². The number of amides is 1. The van der Waals surface area contributed by atoms with Crippen molar-refractivity contribution in [3.63, 3.8) is 0 Å². The minimum Gasteiger partial charge on any atom is -0.497 e. The summed E-state index contributed by atoms with van der Waals surface area (Å²) in [5.41, 5.74) is 0.769. The molecule has 0 saturated carbocycles. The average Bonchev–Trinajstić information content (AvgIpc) is 2.64. The first-order valence-corrected chi connectivity index (χ1v) is 8.21. The Balaban J connectivity index is 1.59. The fourth-order valence-corrected chi connectivity index (χ4v) is 2.71. The maximum Gasteiger partial charge on any atom is 0.241 e. The van der Waals surface area contributed by atoms with Crippen LogP contribution in [-0.2, 0) is 4.79 Å². The lowest BCUT2D eigenvalue weighted by molar-refractivity contribution is -0.118. The van der Waals surface area contributed by atoms with Crippen molar-refractivity contribution in [2.45, 2.75) is 25.3 Å². The number of methoxy groups -OCH3 is 1. The molecule has 1 amide bonds. The van der Waals surface area contributed by atoms with E-state index in [0.29, 0.717) is 11.5 Å². The van der Waals surface area contributed by atoms with E-state index in [1.54, 1.807) is 7.11 Å². The molecule has 1 unspecified atom stereocenters. The fraction of sp³-hybridized carbons (Fsp3) is 0.316. The smallest absolute Gasteiger partial charge is 0.241 e. The van der Waals surface area contributed by atoms with Crippen molar-refractivity contribution in [1.29, 1.82) is 0 Å². The van der Waals surface area contributed by atoms with Gasteiger partial charge in [-0.25, -0.2) is 0 Å². The molecule has 1 fully saturated rings. The Kier molecular flexibility index (Phi) is 5.33. The Morgan fingerprint density at radius 2 is 1.88 bits per heavy atom. The van der Waals surface area contributed by atoms with Gasteiger partial charge >= 0.3 is 0 Å². The van der Waals surface area contributed by atoms with E-state index in [2.05, 4.69) is 10.6 Å². The van der Waals surface area contributed by atoms with Crippen LogP contribution in [-0.4, -0.2) is 25.6 Å². The van der Waals surface area contributed by atoms with E-state index >= 15 is 0 Å². The monoisotopic (exact) mass is 326 g/mol. The molecule has 1 saturated heterocycles. The third-order valence-corrected chi connectivity index (χ3v) is 4.03. The van der Waals surface area contributed by atoms with Gasteiger partial charge in [0, 0.05) is 11.8 Å². The van der Waals surface area contributed by atoms with Crippen molar-refractivity contribution in [3.8, 4) is 17.2 Å². The highest BCUT2D eigenvalue weighted by Crippen LogP contribution is 2.26. The molecule has 0 spiro atoms. The van der Waals surface area contributed by atoms with Crippen LogP contribution in [0.5, 0.6) is 17.2 Å². The molecule has 24 heavy (non-hydrogen) atoms. The number of benzene rings is 2. The molecule has 126 valence electrons. The number of rotatable bonds is 5. The largest absolute Gasteiger partial charge is 0.497 e. The summed E-state index contributed by atoms with van der Waals surface area (Å²) in [7, 11) is 1.62. The molecule has 2 aromatic rings. The number of carbonyl (C=O) groups excluding carboxylic acids is 1. The summed E-state index contributed by atoms with van der Waals surface area (Å²) in [6.07, 6.45) is 3.13. The van der Waals surface area contributed by atoms with E-state index < -0.39 is 0 Å². The lowest BCUT2D eigenvalue weighted by atomic mass is 10.0. The van der Waals surface area contributed by atoms with E-state index in [9.17, 15) is 4.79 Å². The number of nitrogens with one attached hydrogen (secondary N) is 2. The first kappa shape index (κ1) is 16.3. The first-order chi connectivity index (χ1) is 11.7. The quantitative estimate of drug-likeness (QED) is 0.882. The van der Waals surface area contributed by atoms with Crippen LogP contribution in [0, 0.1) is 0 Å². The molecule has 1 aliphatic heterocycles. The Bertz CT molecular complexity index is 679. The molecule has 2 N–H and O–H groups in total. The van der Waals surface area contributed by atoms with Crippen LogP contribution >= 0.6 is 0 Å². The number of hydrogen-bond donors (Lipinski definition) is 2. The predicted molar refractivity (Wildman–Crippen MR) is 93.8 cm³/mol. The Labute approximate surface area is 142 Å². The van der Waals surface area contributed by atoms with Crippen LogP contribution in [0.1, 0.15) is 19.3 Å². The summed E-state index contributed by atoms with van der Waals surface area (Å²) < 4.78 is 11.0. The summed E-state index contributed by atoms with van der Waals surface area (Å²) in [6, 6.07) is 14.7. The average molecular weight is 326 g/mol. The van der Waals surface area contributed by atoms with Gasteiger partial charge in [0.05, 0.1) is 13.2 Å². The zero-order valence-electron chi connectivity index (χ0n) is 13.7. The van der Waals surface area contributed by atoms with Gasteiger partial charge in [0.2, 0.25) is 5.91 Å². The van der Waals surface area contributed by atoms with Crippen molar-refractivity contribution < 1.29 is 14.3 Å². The third-order valence-electron chi connectivity index (χ3n) is 4.03. The second-order valence-electron chi connectivity index (χ2n) is 5.80. The van der Waals surface area contributed by atoms with Gasteiger partial charge in [-0.3, -0.25) is 4.79 Å². The SMILES string of the molecule is COc1cccc(Oc2ccc(NC(=O)C3CCCCN3)cc2)c1. The normalized spacial score (nSPS) is 17.1. The number of anilines is 1. The van der Waals surface area contributed by atoms with E-state index in [0.717, 1.165) is 37.2 Å². The minimum atomic E-state index is -0.0912. The molecule has 5 heteroatoms. The maximum absolute atomic E-state index is 12.2. The number of ether oxygens (including phenoxy) is 2. The molecular weight excluding hydrogens is 304 g/mol.